The van der Waals surface area contributed by atoms with Crippen molar-refractivity contribution in [2.45, 2.75) is 18.4 Å². The lowest BCUT2D eigenvalue weighted by atomic mass is 9.90. The molecule has 2 fully saturated rings. The molecule has 2 atom stereocenters. The van der Waals surface area contributed by atoms with E-state index in [2.05, 4.69) is 4.98 Å². The minimum atomic E-state index is -0.514. The van der Waals surface area contributed by atoms with Crippen LogP contribution in [-0.2, 0) is 4.79 Å². The van der Waals surface area contributed by atoms with E-state index in [4.69, 9.17) is 23.2 Å². The van der Waals surface area contributed by atoms with Gasteiger partial charge in [0.25, 0.3) is 5.91 Å². The lowest BCUT2D eigenvalue weighted by molar-refractivity contribution is -0.119. The molecule has 30 heavy (non-hydrogen) atoms. The van der Waals surface area contributed by atoms with Crippen LogP contribution in [0.5, 0.6) is 0 Å². The van der Waals surface area contributed by atoms with Crippen molar-refractivity contribution in [3.05, 3.63) is 82.6 Å². The molecule has 2 saturated heterocycles. The van der Waals surface area contributed by atoms with Crippen LogP contribution in [0.3, 0.4) is 0 Å². The van der Waals surface area contributed by atoms with Crippen LogP contribution < -0.4 is 4.90 Å². The molecule has 0 spiro atoms. The predicted octanol–water partition coefficient (Wildman–Crippen LogP) is 5.38. The van der Waals surface area contributed by atoms with E-state index in [1.165, 1.54) is 4.90 Å². The zero-order chi connectivity index (χ0) is 20.8. The van der Waals surface area contributed by atoms with Crippen molar-refractivity contribution in [2.24, 2.45) is 0 Å². The van der Waals surface area contributed by atoms with Crippen LogP contribution in [0.4, 0.5) is 10.5 Å². The fourth-order valence-electron chi connectivity index (χ4n) is 4.38. The second-order valence-corrected chi connectivity index (χ2v) is 8.35. The average molecular weight is 438 g/mol. The third-order valence-electron chi connectivity index (χ3n) is 5.75. The molecule has 2 aliphatic heterocycles. The van der Waals surface area contributed by atoms with Gasteiger partial charge in [0.2, 0.25) is 0 Å². The van der Waals surface area contributed by atoms with Gasteiger partial charge in [0, 0.05) is 34.9 Å². The molecule has 0 bridgehead atoms. The fourth-order valence-corrected chi connectivity index (χ4v) is 4.89. The first-order valence-corrected chi connectivity index (χ1v) is 10.4. The summed E-state index contributed by atoms with van der Waals surface area (Å²) in [4.78, 5) is 33.2. The lowest BCUT2D eigenvalue weighted by Crippen LogP contribution is -2.33. The van der Waals surface area contributed by atoms with Gasteiger partial charge in [-0.2, -0.15) is 0 Å². The molecule has 1 aromatic heterocycles. The number of carbonyl (C=O) groups excluding carboxylic acids is 2. The summed E-state index contributed by atoms with van der Waals surface area (Å²) >= 11 is 12.2. The zero-order valence-electron chi connectivity index (χ0n) is 15.8. The molecular formula is C23H17Cl2N3O2. The third kappa shape index (κ3) is 3.15. The molecular weight excluding hydrogens is 421 g/mol. The molecule has 5 rings (SSSR count). The van der Waals surface area contributed by atoms with Gasteiger partial charge in [0.15, 0.2) is 0 Å². The molecule has 2 aromatic carbocycles. The zero-order valence-corrected chi connectivity index (χ0v) is 17.3. The number of pyridine rings is 1. The van der Waals surface area contributed by atoms with Crippen LogP contribution >= 0.6 is 23.2 Å². The topological polar surface area (TPSA) is 53.5 Å². The molecule has 150 valence electrons. The van der Waals surface area contributed by atoms with Crippen molar-refractivity contribution in [1.82, 2.24) is 9.88 Å². The number of fused-ring (bicyclic) bond motifs is 1. The van der Waals surface area contributed by atoms with Crippen molar-refractivity contribution in [1.29, 1.82) is 0 Å². The number of carbonyl (C=O) groups is 2. The van der Waals surface area contributed by atoms with Gasteiger partial charge in [0.05, 0.1) is 5.69 Å². The van der Waals surface area contributed by atoms with Crippen molar-refractivity contribution < 1.29 is 9.59 Å². The van der Waals surface area contributed by atoms with E-state index < -0.39 is 6.04 Å². The molecule has 3 aromatic rings. The summed E-state index contributed by atoms with van der Waals surface area (Å²) in [5.41, 5.74) is 3.55. The monoisotopic (exact) mass is 437 g/mol. The standard InChI is InChI=1S/C23H17Cl2N3O2/c24-17-10-18(25)12-19(11-17)28-22(29)21-20(7-9-27(21)23(28)30)15-5-3-14(4-6-15)16-2-1-8-26-13-16/h1-6,8,10-13,20-21H,7,9H2. The number of halogens is 2. The number of imide groups is 1. The summed E-state index contributed by atoms with van der Waals surface area (Å²) < 4.78 is 0. The molecule has 0 aliphatic carbocycles. The number of rotatable bonds is 3. The molecule has 0 saturated carbocycles. The average Bonchev–Trinajstić information content (AvgIpc) is 3.28. The van der Waals surface area contributed by atoms with Gasteiger partial charge in [-0.25, -0.2) is 9.69 Å². The van der Waals surface area contributed by atoms with Gasteiger partial charge in [-0.15, -0.1) is 0 Å². The van der Waals surface area contributed by atoms with Gasteiger partial charge in [-0.1, -0.05) is 53.5 Å². The van der Waals surface area contributed by atoms with Crippen LogP contribution in [0, 0.1) is 0 Å². The number of hydrogen-bond donors (Lipinski definition) is 0. The van der Waals surface area contributed by atoms with E-state index in [1.807, 2.05) is 42.6 Å². The number of anilines is 1. The molecule has 3 heterocycles. The summed E-state index contributed by atoms with van der Waals surface area (Å²) in [6, 6.07) is 16.0. The maximum Gasteiger partial charge on any atom is 0.332 e. The van der Waals surface area contributed by atoms with Crippen LogP contribution in [0.25, 0.3) is 11.1 Å². The Morgan fingerprint density at radius 2 is 1.67 bits per heavy atom. The number of hydrogen-bond acceptors (Lipinski definition) is 3. The van der Waals surface area contributed by atoms with Crippen molar-refractivity contribution >= 4 is 40.8 Å². The van der Waals surface area contributed by atoms with Gasteiger partial charge < -0.3 is 4.90 Å². The largest absolute Gasteiger partial charge is 0.332 e. The van der Waals surface area contributed by atoms with Gasteiger partial charge >= 0.3 is 6.03 Å². The van der Waals surface area contributed by atoms with Crippen molar-refractivity contribution in [3.8, 4) is 11.1 Å². The normalized spacial score (nSPS) is 20.7. The smallest absolute Gasteiger partial charge is 0.311 e. The SMILES string of the molecule is O=C1C2C(c3ccc(-c4cccnc4)cc3)CCN2C(=O)N1c1cc(Cl)cc(Cl)c1. The highest BCUT2D eigenvalue weighted by atomic mass is 35.5. The van der Waals surface area contributed by atoms with Crippen LogP contribution in [0.2, 0.25) is 10.0 Å². The Kier molecular flexibility index (Phi) is 4.72. The maximum absolute atomic E-state index is 13.3. The molecule has 5 nitrogen and oxygen atoms in total. The molecule has 7 heteroatoms. The van der Waals surface area contributed by atoms with E-state index in [0.717, 1.165) is 23.1 Å². The summed E-state index contributed by atoms with van der Waals surface area (Å²) in [5.74, 6) is -0.291. The molecule has 0 N–H and O–H groups in total. The van der Waals surface area contributed by atoms with Gasteiger partial charge in [-0.3, -0.25) is 9.78 Å². The number of amides is 3. The second kappa shape index (κ2) is 7.42. The highest BCUT2D eigenvalue weighted by Gasteiger charge is 2.53. The Morgan fingerprint density at radius 1 is 0.933 bits per heavy atom. The van der Waals surface area contributed by atoms with Gasteiger partial charge in [0.1, 0.15) is 6.04 Å². The summed E-state index contributed by atoms with van der Waals surface area (Å²) in [6.45, 7) is 0.537. The van der Waals surface area contributed by atoms with Crippen molar-refractivity contribution in [2.75, 3.05) is 11.4 Å². The Morgan fingerprint density at radius 3 is 2.33 bits per heavy atom. The second-order valence-electron chi connectivity index (χ2n) is 7.48. The number of nitrogens with zero attached hydrogens (tertiary/aromatic N) is 3. The first kappa shape index (κ1) is 19.1. The Hall–Kier alpha value is -2.89. The number of aromatic nitrogens is 1. The minimum absolute atomic E-state index is 0.0518. The van der Waals surface area contributed by atoms with E-state index >= 15 is 0 Å². The summed E-state index contributed by atoms with van der Waals surface area (Å²) in [6.07, 6.45) is 4.31. The van der Waals surface area contributed by atoms with E-state index in [0.29, 0.717) is 22.3 Å². The highest BCUT2D eigenvalue weighted by Crippen LogP contribution is 2.41. The Bertz CT molecular complexity index is 1110. The molecule has 2 aliphatic rings. The van der Waals surface area contributed by atoms with Crippen LogP contribution in [0.15, 0.2) is 67.0 Å². The highest BCUT2D eigenvalue weighted by molar-refractivity contribution is 6.35. The summed E-state index contributed by atoms with van der Waals surface area (Å²) in [5, 5.41) is 0.764. The molecule has 3 amide bonds. The van der Waals surface area contributed by atoms with E-state index in [1.54, 1.807) is 29.3 Å². The van der Waals surface area contributed by atoms with Crippen LogP contribution in [0.1, 0.15) is 17.9 Å². The van der Waals surface area contributed by atoms with E-state index in [9.17, 15) is 9.59 Å². The number of urea groups is 1. The number of benzene rings is 2. The molecule has 2 unspecified atom stereocenters. The Labute approximate surface area is 183 Å². The first-order valence-electron chi connectivity index (χ1n) is 9.64. The quantitative estimate of drug-likeness (QED) is 0.516. The van der Waals surface area contributed by atoms with Crippen LogP contribution in [-0.4, -0.2) is 34.4 Å². The minimum Gasteiger partial charge on any atom is -0.311 e. The van der Waals surface area contributed by atoms with E-state index in [-0.39, 0.29) is 17.9 Å². The lowest BCUT2D eigenvalue weighted by Gasteiger charge is -2.18. The predicted molar refractivity (Wildman–Crippen MR) is 117 cm³/mol. The van der Waals surface area contributed by atoms with Gasteiger partial charge in [-0.05, 0) is 47.4 Å². The Balaban J connectivity index is 1.44. The fraction of sp³-hybridized carbons (Fsp3) is 0.174. The maximum atomic E-state index is 13.3. The first-order chi connectivity index (χ1) is 14.5. The van der Waals surface area contributed by atoms with Crippen molar-refractivity contribution in [3.63, 3.8) is 0 Å². The molecule has 0 radical (unpaired) electrons. The third-order valence-corrected chi connectivity index (χ3v) is 6.18. The summed E-state index contributed by atoms with van der Waals surface area (Å²) in [7, 11) is 0.